The normalized spacial score (nSPS) is 13.2. The molecule has 1 rings (SSSR count). The minimum Gasteiger partial charge on any atom is -0.349 e. The molecule has 0 saturated carbocycles. The molecule has 100 valence electrons. The number of pyridine rings is 1. The molecule has 3 nitrogen and oxygen atoms in total. The largest absolute Gasteiger partial charge is 0.391 e. The third kappa shape index (κ3) is 4.70. The van der Waals surface area contributed by atoms with E-state index in [1.165, 1.54) is 13.0 Å². The maximum atomic E-state index is 12.1. The first-order valence-corrected chi connectivity index (χ1v) is 5.63. The molecule has 1 aromatic heterocycles. The van der Waals surface area contributed by atoms with Gasteiger partial charge in [-0.1, -0.05) is 23.2 Å². The standard InChI is InChI=1S/C10H9Cl2F3N2O/c1-5(3-10(13,14)15)17-9(18)6-2-7(11)8(12)16-4-6/h2,4-5H,3H2,1H3,(H,17,18). The molecule has 1 amide bonds. The van der Waals surface area contributed by atoms with Crippen LogP contribution < -0.4 is 5.32 Å². The third-order valence-electron chi connectivity index (χ3n) is 1.97. The van der Waals surface area contributed by atoms with Crippen LogP contribution in [0.3, 0.4) is 0 Å². The van der Waals surface area contributed by atoms with Gasteiger partial charge >= 0.3 is 6.18 Å². The lowest BCUT2D eigenvalue weighted by atomic mass is 10.2. The van der Waals surface area contributed by atoms with Crippen molar-refractivity contribution in [3.8, 4) is 0 Å². The molecule has 0 aromatic carbocycles. The summed E-state index contributed by atoms with van der Waals surface area (Å²) in [6, 6.07) is 0.207. The lowest BCUT2D eigenvalue weighted by Gasteiger charge is -2.15. The quantitative estimate of drug-likeness (QED) is 0.869. The van der Waals surface area contributed by atoms with Gasteiger partial charge in [-0.05, 0) is 13.0 Å². The summed E-state index contributed by atoms with van der Waals surface area (Å²) in [5.74, 6) is -0.683. The van der Waals surface area contributed by atoms with Gasteiger partial charge in [-0.2, -0.15) is 13.2 Å². The van der Waals surface area contributed by atoms with Gasteiger partial charge in [0, 0.05) is 12.2 Å². The van der Waals surface area contributed by atoms with E-state index in [0.29, 0.717) is 0 Å². The van der Waals surface area contributed by atoms with Crippen LogP contribution in [0.4, 0.5) is 13.2 Å². The monoisotopic (exact) mass is 300 g/mol. The number of amides is 1. The van der Waals surface area contributed by atoms with Gasteiger partial charge in [0.15, 0.2) is 0 Å². The Morgan fingerprint density at radius 2 is 2.11 bits per heavy atom. The molecule has 1 heterocycles. The van der Waals surface area contributed by atoms with Crippen molar-refractivity contribution >= 4 is 29.1 Å². The number of hydrogen-bond donors (Lipinski definition) is 1. The van der Waals surface area contributed by atoms with Gasteiger partial charge in [-0.15, -0.1) is 0 Å². The molecular weight excluding hydrogens is 292 g/mol. The van der Waals surface area contributed by atoms with Crippen LogP contribution in [0.2, 0.25) is 10.2 Å². The Morgan fingerprint density at radius 1 is 1.50 bits per heavy atom. The number of halogens is 5. The van der Waals surface area contributed by atoms with Crippen LogP contribution in [0, 0.1) is 0 Å². The maximum absolute atomic E-state index is 12.1. The number of rotatable bonds is 3. The van der Waals surface area contributed by atoms with E-state index in [1.807, 2.05) is 0 Å². The van der Waals surface area contributed by atoms with Crippen LogP contribution in [-0.4, -0.2) is 23.1 Å². The zero-order chi connectivity index (χ0) is 13.9. The van der Waals surface area contributed by atoms with Crippen molar-refractivity contribution in [1.29, 1.82) is 0 Å². The highest BCUT2D eigenvalue weighted by atomic mass is 35.5. The fourth-order valence-electron chi connectivity index (χ4n) is 1.25. The van der Waals surface area contributed by atoms with Crippen molar-refractivity contribution in [2.75, 3.05) is 0 Å². The highest BCUT2D eigenvalue weighted by molar-refractivity contribution is 6.41. The number of hydrogen-bond acceptors (Lipinski definition) is 2. The Balaban J connectivity index is 2.68. The molecule has 1 N–H and O–H groups in total. The zero-order valence-electron chi connectivity index (χ0n) is 9.18. The number of carbonyl (C=O) groups is 1. The molecule has 0 aliphatic rings. The van der Waals surface area contributed by atoms with E-state index in [0.717, 1.165) is 6.20 Å². The lowest BCUT2D eigenvalue weighted by Crippen LogP contribution is -2.36. The molecule has 8 heteroatoms. The SMILES string of the molecule is CC(CC(F)(F)F)NC(=O)c1cnc(Cl)c(Cl)c1. The van der Waals surface area contributed by atoms with Gasteiger partial charge in [-0.3, -0.25) is 4.79 Å². The molecule has 0 saturated heterocycles. The predicted molar refractivity (Wildman–Crippen MR) is 61.9 cm³/mol. The second kappa shape index (κ2) is 5.75. The van der Waals surface area contributed by atoms with Crippen molar-refractivity contribution in [2.24, 2.45) is 0 Å². The summed E-state index contributed by atoms with van der Waals surface area (Å²) in [5, 5.41) is 2.29. The Morgan fingerprint density at radius 3 is 2.61 bits per heavy atom. The molecule has 0 bridgehead atoms. The second-order valence-electron chi connectivity index (χ2n) is 3.69. The Hall–Kier alpha value is -1.01. The minimum absolute atomic E-state index is 0.0246. The first-order chi connectivity index (χ1) is 8.19. The predicted octanol–water partition coefficient (Wildman–Crippen LogP) is 3.46. The van der Waals surface area contributed by atoms with E-state index in [1.54, 1.807) is 0 Å². The second-order valence-corrected chi connectivity index (χ2v) is 4.46. The summed E-state index contributed by atoms with van der Waals surface area (Å²) in [4.78, 5) is 15.2. The van der Waals surface area contributed by atoms with Crippen molar-refractivity contribution in [3.63, 3.8) is 0 Å². The van der Waals surface area contributed by atoms with Crippen LogP contribution in [0.25, 0.3) is 0 Å². The molecule has 0 aliphatic carbocycles. The first kappa shape index (κ1) is 15.0. The minimum atomic E-state index is -4.33. The van der Waals surface area contributed by atoms with Gasteiger partial charge in [0.05, 0.1) is 17.0 Å². The van der Waals surface area contributed by atoms with E-state index in [9.17, 15) is 18.0 Å². The summed E-state index contributed by atoms with van der Waals surface area (Å²) in [6.45, 7) is 1.26. The van der Waals surface area contributed by atoms with Gasteiger partial charge < -0.3 is 5.32 Å². The molecule has 1 unspecified atom stereocenters. The van der Waals surface area contributed by atoms with Gasteiger partial charge in [0.1, 0.15) is 5.15 Å². The van der Waals surface area contributed by atoms with Crippen LogP contribution >= 0.6 is 23.2 Å². The average molecular weight is 301 g/mol. The Kier molecular flexibility index (Phi) is 4.81. The number of aromatic nitrogens is 1. The van der Waals surface area contributed by atoms with E-state index in [4.69, 9.17) is 23.2 Å². The zero-order valence-corrected chi connectivity index (χ0v) is 10.7. The van der Waals surface area contributed by atoms with Crippen molar-refractivity contribution in [1.82, 2.24) is 10.3 Å². The van der Waals surface area contributed by atoms with Gasteiger partial charge in [-0.25, -0.2) is 4.98 Å². The third-order valence-corrected chi connectivity index (χ3v) is 2.66. The summed E-state index contributed by atoms with van der Waals surface area (Å²) in [6.07, 6.45) is -4.29. The van der Waals surface area contributed by atoms with Gasteiger partial charge in [0.2, 0.25) is 0 Å². The molecule has 1 aromatic rings. The van der Waals surface area contributed by atoms with Crippen LogP contribution in [-0.2, 0) is 0 Å². The van der Waals surface area contributed by atoms with Crippen LogP contribution in [0.5, 0.6) is 0 Å². The Labute approximate surface area is 111 Å². The molecule has 0 spiro atoms. The van der Waals surface area contributed by atoms with Crippen LogP contribution in [0.15, 0.2) is 12.3 Å². The summed E-state index contributed by atoms with van der Waals surface area (Å²) in [5.41, 5.74) is 0.0541. The fourth-order valence-corrected chi connectivity index (χ4v) is 1.52. The lowest BCUT2D eigenvalue weighted by molar-refractivity contribution is -0.138. The van der Waals surface area contributed by atoms with E-state index < -0.39 is 24.5 Å². The summed E-state index contributed by atoms with van der Waals surface area (Å²) >= 11 is 11.2. The smallest absolute Gasteiger partial charge is 0.349 e. The molecule has 18 heavy (non-hydrogen) atoms. The number of carbonyl (C=O) groups excluding carboxylic acids is 1. The van der Waals surface area contributed by atoms with E-state index in [-0.39, 0.29) is 15.7 Å². The van der Waals surface area contributed by atoms with Crippen LogP contribution in [0.1, 0.15) is 23.7 Å². The summed E-state index contributed by atoms with van der Waals surface area (Å²) < 4.78 is 36.2. The molecule has 0 fully saturated rings. The molecular formula is C10H9Cl2F3N2O. The average Bonchev–Trinajstić information content (AvgIpc) is 2.18. The highest BCUT2D eigenvalue weighted by Crippen LogP contribution is 2.22. The number of nitrogens with zero attached hydrogens (tertiary/aromatic N) is 1. The highest BCUT2D eigenvalue weighted by Gasteiger charge is 2.30. The van der Waals surface area contributed by atoms with Crippen molar-refractivity contribution in [2.45, 2.75) is 25.6 Å². The maximum Gasteiger partial charge on any atom is 0.391 e. The molecule has 0 radical (unpaired) electrons. The topological polar surface area (TPSA) is 42.0 Å². The number of nitrogens with one attached hydrogen (secondary N) is 1. The Bertz CT molecular complexity index is 451. The molecule has 1 atom stereocenters. The van der Waals surface area contributed by atoms with Gasteiger partial charge in [0.25, 0.3) is 5.91 Å². The fraction of sp³-hybridized carbons (Fsp3) is 0.400. The molecule has 0 aliphatic heterocycles. The first-order valence-electron chi connectivity index (χ1n) is 4.87. The van der Waals surface area contributed by atoms with E-state index in [2.05, 4.69) is 10.3 Å². The van der Waals surface area contributed by atoms with Crippen molar-refractivity contribution in [3.05, 3.63) is 28.0 Å². The van der Waals surface area contributed by atoms with E-state index >= 15 is 0 Å². The summed E-state index contributed by atoms with van der Waals surface area (Å²) in [7, 11) is 0. The van der Waals surface area contributed by atoms with Crippen molar-refractivity contribution < 1.29 is 18.0 Å². The number of alkyl halides is 3.